The number of hydrogen-bond acceptors (Lipinski definition) is 4. The molecule has 2 aromatic rings. The molecule has 2 heterocycles. The normalized spacial score (nSPS) is 17.1. The second-order valence-corrected chi connectivity index (χ2v) is 7.99. The summed E-state index contributed by atoms with van der Waals surface area (Å²) < 4.78 is 66.4. The summed E-state index contributed by atoms with van der Waals surface area (Å²) >= 11 is 0. The number of hydrogen-bond donors (Lipinski definition) is 0. The van der Waals surface area contributed by atoms with Gasteiger partial charge in [-0.05, 0) is 13.0 Å². The second kappa shape index (κ2) is 7.37. The number of piperazine rings is 1. The van der Waals surface area contributed by atoms with Crippen LogP contribution in [0.15, 0.2) is 35.4 Å². The first-order valence-corrected chi connectivity index (χ1v) is 9.53. The Balaban J connectivity index is 1.68. The van der Waals surface area contributed by atoms with E-state index in [0.717, 1.165) is 6.20 Å². The van der Waals surface area contributed by atoms with E-state index in [1.165, 1.54) is 17.3 Å². The Morgan fingerprint density at radius 3 is 2.38 bits per heavy atom. The number of alkyl halides is 2. The molecule has 0 spiro atoms. The lowest BCUT2D eigenvalue weighted by Gasteiger charge is -2.33. The monoisotopic (exact) mass is 388 g/mol. The molecule has 0 amide bonds. The van der Waals surface area contributed by atoms with Gasteiger partial charge in [0.1, 0.15) is 10.7 Å². The Bertz CT molecular complexity index is 877. The minimum absolute atomic E-state index is 0.0891. The first kappa shape index (κ1) is 18.9. The fourth-order valence-corrected chi connectivity index (χ4v) is 4.56. The van der Waals surface area contributed by atoms with Crippen LogP contribution in [-0.2, 0) is 16.6 Å². The van der Waals surface area contributed by atoms with Gasteiger partial charge in [0.05, 0.1) is 11.9 Å². The average molecular weight is 388 g/mol. The summed E-state index contributed by atoms with van der Waals surface area (Å²) in [6.45, 7) is 0.0670. The number of sulfonamides is 1. The molecule has 142 valence electrons. The summed E-state index contributed by atoms with van der Waals surface area (Å²) in [4.78, 5) is 1.75. The van der Waals surface area contributed by atoms with Crippen molar-refractivity contribution in [2.75, 3.05) is 26.2 Å². The first-order chi connectivity index (χ1) is 12.3. The molecular formula is C16H19F3N4O2S. The minimum Gasteiger partial charge on any atom is -0.296 e. The summed E-state index contributed by atoms with van der Waals surface area (Å²) in [5, 5.41) is 3.47. The van der Waals surface area contributed by atoms with Crippen LogP contribution in [0.4, 0.5) is 13.2 Å². The molecule has 26 heavy (non-hydrogen) atoms. The van der Waals surface area contributed by atoms with Crippen molar-refractivity contribution in [3.8, 4) is 0 Å². The molecule has 0 radical (unpaired) electrons. The van der Waals surface area contributed by atoms with Crippen molar-refractivity contribution < 1.29 is 21.6 Å². The van der Waals surface area contributed by atoms with E-state index >= 15 is 0 Å². The molecule has 0 unspecified atom stereocenters. The molecule has 0 bridgehead atoms. The van der Waals surface area contributed by atoms with Gasteiger partial charge >= 0.3 is 6.55 Å². The van der Waals surface area contributed by atoms with Crippen LogP contribution in [0.1, 0.15) is 17.8 Å². The fraction of sp³-hybridized carbons (Fsp3) is 0.438. The highest BCUT2D eigenvalue weighted by Crippen LogP contribution is 2.24. The van der Waals surface area contributed by atoms with Gasteiger partial charge in [0.15, 0.2) is 0 Å². The van der Waals surface area contributed by atoms with E-state index in [9.17, 15) is 21.6 Å². The zero-order valence-electron chi connectivity index (χ0n) is 14.1. The van der Waals surface area contributed by atoms with Gasteiger partial charge in [0.2, 0.25) is 10.0 Å². The smallest absolute Gasteiger partial charge is 0.296 e. The standard InChI is InChI=1S/C16H19F3N4O2S/c1-12-15(10-20-23(12)16(18)19)26(24,25)22-8-6-21(7-9-22)11-13-4-2-3-5-14(13)17/h2-5,10,16H,6-9,11H2,1H3. The van der Waals surface area contributed by atoms with Crippen molar-refractivity contribution in [1.82, 2.24) is 19.0 Å². The van der Waals surface area contributed by atoms with Crippen molar-refractivity contribution in [3.63, 3.8) is 0 Å². The first-order valence-electron chi connectivity index (χ1n) is 8.09. The Morgan fingerprint density at radius 2 is 1.81 bits per heavy atom. The molecule has 1 saturated heterocycles. The molecule has 1 aromatic carbocycles. The maximum atomic E-state index is 13.7. The molecule has 1 aromatic heterocycles. The summed E-state index contributed by atoms with van der Waals surface area (Å²) in [5.74, 6) is -0.294. The molecular weight excluding hydrogens is 369 g/mol. The van der Waals surface area contributed by atoms with Gasteiger partial charge in [-0.25, -0.2) is 17.5 Å². The van der Waals surface area contributed by atoms with Gasteiger partial charge in [-0.1, -0.05) is 18.2 Å². The highest BCUT2D eigenvalue weighted by atomic mass is 32.2. The van der Waals surface area contributed by atoms with Gasteiger partial charge < -0.3 is 0 Å². The van der Waals surface area contributed by atoms with Crippen molar-refractivity contribution in [2.45, 2.75) is 24.9 Å². The van der Waals surface area contributed by atoms with Crippen LogP contribution in [0.5, 0.6) is 0 Å². The lowest BCUT2D eigenvalue weighted by atomic mass is 10.2. The van der Waals surface area contributed by atoms with E-state index in [1.807, 2.05) is 4.90 Å². The summed E-state index contributed by atoms with van der Waals surface area (Å²) in [6, 6.07) is 6.45. The van der Waals surface area contributed by atoms with Crippen LogP contribution in [0.3, 0.4) is 0 Å². The third-order valence-electron chi connectivity index (χ3n) is 4.49. The van der Waals surface area contributed by atoms with Crippen LogP contribution in [0, 0.1) is 12.7 Å². The molecule has 0 N–H and O–H groups in total. The SMILES string of the molecule is Cc1c(S(=O)(=O)N2CCN(Cc3ccccc3F)CC2)cnn1C(F)F. The lowest BCUT2D eigenvalue weighted by Crippen LogP contribution is -2.48. The molecule has 10 heteroatoms. The topological polar surface area (TPSA) is 58.4 Å². The lowest BCUT2D eigenvalue weighted by molar-refractivity contribution is 0.0541. The zero-order valence-corrected chi connectivity index (χ0v) is 15.0. The van der Waals surface area contributed by atoms with Crippen LogP contribution in [0.25, 0.3) is 0 Å². The maximum absolute atomic E-state index is 13.7. The average Bonchev–Trinajstić information content (AvgIpc) is 3.00. The zero-order chi connectivity index (χ0) is 18.9. The van der Waals surface area contributed by atoms with Crippen molar-refractivity contribution in [1.29, 1.82) is 0 Å². The highest BCUT2D eigenvalue weighted by Gasteiger charge is 2.32. The van der Waals surface area contributed by atoms with Crippen LogP contribution in [0.2, 0.25) is 0 Å². The predicted octanol–water partition coefficient (Wildman–Crippen LogP) is 2.23. The highest BCUT2D eigenvalue weighted by molar-refractivity contribution is 7.89. The number of aromatic nitrogens is 2. The van der Waals surface area contributed by atoms with Crippen LogP contribution < -0.4 is 0 Å². The third kappa shape index (κ3) is 3.62. The Labute approximate surface area is 149 Å². The minimum atomic E-state index is -3.89. The van der Waals surface area contributed by atoms with E-state index in [2.05, 4.69) is 5.10 Å². The van der Waals surface area contributed by atoms with E-state index in [0.29, 0.717) is 29.9 Å². The van der Waals surface area contributed by atoms with Gasteiger partial charge in [0, 0.05) is 38.3 Å². The molecule has 0 saturated carbocycles. The van der Waals surface area contributed by atoms with Gasteiger partial charge in [-0.15, -0.1) is 0 Å². The molecule has 3 rings (SSSR count). The summed E-state index contributed by atoms with van der Waals surface area (Å²) in [6.07, 6.45) is 0.961. The number of nitrogens with zero attached hydrogens (tertiary/aromatic N) is 4. The Hall–Kier alpha value is -1.91. The van der Waals surface area contributed by atoms with Gasteiger partial charge in [0.25, 0.3) is 0 Å². The molecule has 0 aliphatic carbocycles. The molecule has 1 aliphatic heterocycles. The Kier molecular flexibility index (Phi) is 5.35. The Morgan fingerprint density at radius 1 is 1.15 bits per heavy atom. The maximum Gasteiger partial charge on any atom is 0.333 e. The van der Waals surface area contributed by atoms with Crippen LogP contribution in [-0.4, -0.2) is 53.6 Å². The van der Waals surface area contributed by atoms with Gasteiger partial charge in [-0.2, -0.15) is 18.2 Å². The van der Waals surface area contributed by atoms with E-state index in [4.69, 9.17) is 0 Å². The van der Waals surface area contributed by atoms with E-state index in [-0.39, 0.29) is 29.5 Å². The molecule has 6 nitrogen and oxygen atoms in total. The largest absolute Gasteiger partial charge is 0.333 e. The molecule has 0 atom stereocenters. The summed E-state index contributed by atoms with van der Waals surface area (Å²) in [7, 11) is -3.89. The summed E-state index contributed by atoms with van der Waals surface area (Å²) in [5.41, 5.74) is 0.464. The number of halogens is 3. The van der Waals surface area contributed by atoms with Crippen LogP contribution >= 0.6 is 0 Å². The quantitative estimate of drug-likeness (QED) is 0.788. The third-order valence-corrected chi connectivity index (χ3v) is 6.49. The molecule has 1 aliphatic rings. The number of benzene rings is 1. The second-order valence-electron chi connectivity index (χ2n) is 6.09. The van der Waals surface area contributed by atoms with E-state index < -0.39 is 16.6 Å². The van der Waals surface area contributed by atoms with E-state index in [1.54, 1.807) is 18.2 Å². The molecule has 1 fully saturated rings. The fourth-order valence-electron chi connectivity index (χ4n) is 2.99. The number of rotatable bonds is 5. The van der Waals surface area contributed by atoms with Crippen molar-refractivity contribution in [3.05, 3.63) is 47.5 Å². The van der Waals surface area contributed by atoms with Crippen molar-refractivity contribution >= 4 is 10.0 Å². The van der Waals surface area contributed by atoms with Gasteiger partial charge in [-0.3, -0.25) is 4.90 Å². The predicted molar refractivity (Wildman–Crippen MR) is 88.7 cm³/mol. The van der Waals surface area contributed by atoms with Crippen molar-refractivity contribution in [2.24, 2.45) is 0 Å².